The van der Waals surface area contributed by atoms with E-state index < -0.39 is 5.97 Å². The van der Waals surface area contributed by atoms with Crippen LogP contribution in [0.5, 0.6) is 0 Å². The zero-order valence-electron chi connectivity index (χ0n) is 18.7. The first-order chi connectivity index (χ1) is 15.6. The Hall–Kier alpha value is -2.96. The Kier molecular flexibility index (Phi) is 9.47. The number of pyridine rings is 2. The summed E-state index contributed by atoms with van der Waals surface area (Å²) < 4.78 is 0. The van der Waals surface area contributed by atoms with Crippen molar-refractivity contribution >= 4 is 17.7 Å². The van der Waals surface area contributed by atoms with Crippen molar-refractivity contribution in [2.75, 3.05) is 18.4 Å². The minimum atomic E-state index is -0.896. The van der Waals surface area contributed by atoms with Gasteiger partial charge in [-0.2, -0.15) is 0 Å². The Morgan fingerprint density at radius 2 is 1.84 bits per heavy atom. The van der Waals surface area contributed by atoms with Gasteiger partial charge in [-0.25, -0.2) is 4.98 Å². The summed E-state index contributed by atoms with van der Waals surface area (Å²) in [5.41, 5.74) is 5.13. The van der Waals surface area contributed by atoms with E-state index in [9.17, 15) is 9.59 Å². The zero-order valence-corrected chi connectivity index (χ0v) is 18.7. The maximum Gasteiger partial charge on any atom is 0.305 e. The number of carboxylic acid groups (broad SMARTS) is 1. The summed E-state index contributed by atoms with van der Waals surface area (Å²) in [7, 11) is 0. The normalized spacial score (nSPS) is 14.1. The molecule has 7 heteroatoms. The number of carbonyl (C=O) groups excluding carboxylic acids is 1. The number of aryl methyl sites for hydroxylation is 4. The van der Waals surface area contributed by atoms with Crippen molar-refractivity contribution in [3.63, 3.8) is 0 Å². The number of amides is 1. The number of carboxylic acids is 1. The smallest absolute Gasteiger partial charge is 0.305 e. The van der Waals surface area contributed by atoms with Crippen molar-refractivity contribution in [2.24, 2.45) is 0 Å². The van der Waals surface area contributed by atoms with E-state index in [1.54, 1.807) is 0 Å². The molecule has 2 aromatic heterocycles. The molecule has 0 saturated carbocycles. The molecule has 0 aromatic carbocycles. The van der Waals surface area contributed by atoms with E-state index in [1.165, 1.54) is 42.5 Å². The first kappa shape index (κ1) is 23.7. The lowest BCUT2D eigenvalue weighted by molar-refractivity contribution is -0.136. The van der Waals surface area contributed by atoms with Crippen molar-refractivity contribution in [1.29, 1.82) is 0 Å². The van der Waals surface area contributed by atoms with Gasteiger partial charge in [0.1, 0.15) is 5.82 Å². The molecule has 1 amide bonds. The largest absolute Gasteiger partial charge is 0.481 e. The molecule has 2 aromatic rings. The third-order valence-electron chi connectivity index (χ3n) is 5.79. The van der Waals surface area contributed by atoms with Crippen LogP contribution in [0.4, 0.5) is 5.82 Å². The highest BCUT2D eigenvalue weighted by molar-refractivity contribution is 5.76. The summed E-state index contributed by atoms with van der Waals surface area (Å²) in [6.45, 7) is 1.19. The summed E-state index contributed by atoms with van der Waals surface area (Å²) in [6, 6.07) is 8.44. The molecule has 1 aliphatic heterocycles. The third-order valence-corrected chi connectivity index (χ3v) is 5.79. The van der Waals surface area contributed by atoms with Gasteiger partial charge in [-0.15, -0.1) is 0 Å². The number of nitrogens with zero attached hydrogens (tertiary/aromatic N) is 2. The van der Waals surface area contributed by atoms with Gasteiger partial charge < -0.3 is 15.7 Å². The summed E-state index contributed by atoms with van der Waals surface area (Å²) in [5, 5.41) is 14.4. The standard InChI is InChI=1S/C16H23N3O3.C9H11N/c20-14(17-11-9-15(21)22)6-2-1-5-13-8-7-12-4-3-10-18-16(12)19-13;1-2-6-9-8(4-1)5-3-7-10-9/h7-8H,1-6,9-11H2,(H,17,20)(H,18,19)(H,21,22);3,5,7H,1-2,4,6H2. The molecule has 0 fully saturated rings. The van der Waals surface area contributed by atoms with Crippen LogP contribution in [0.2, 0.25) is 0 Å². The number of hydrogen-bond donors (Lipinski definition) is 3. The molecule has 3 heterocycles. The lowest BCUT2D eigenvalue weighted by Gasteiger charge is -2.17. The van der Waals surface area contributed by atoms with E-state index in [0.29, 0.717) is 6.42 Å². The minimum absolute atomic E-state index is 0.0300. The molecule has 0 saturated heterocycles. The van der Waals surface area contributed by atoms with Gasteiger partial charge in [-0.3, -0.25) is 14.6 Å². The number of fused-ring (bicyclic) bond motifs is 2. The molecule has 0 radical (unpaired) electrons. The second-order valence-electron chi connectivity index (χ2n) is 8.36. The van der Waals surface area contributed by atoms with Crippen LogP contribution in [-0.4, -0.2) is 40.0 Å². The van der Waals surface area contributed by atoms with Crippen LogP contribution in [-0.2, 0) is 35.3 Å². The number of carbonyl (C=O) groups is 2. The maximum atomic E-state index is 11.5. The molecule has 1 aliphatic carbocycles. The second kappa shape index (κ2) is 12.8. The summed E-state index contributed by atoms with van der Waals surface area (Å²) in [4.78, 5) is 30.8. The highest BCUT2D eigenvalue weighted by atomic mass is 16.4. The van der Waals surface area contributed by atoms with Gasteiger partial charge in [0.2, 0.25) is 5.91 Å². The third kappa shape index (κ3) is 7.94. The van der Waals surface area contributed by atoms with Crippen LogP contribution in [0, 0.1) is 0 Å². The number of aromatic nitrogens is 2. The molecule has 7 nitrogen and oxygen atoms in total. The van der Waals surface area contributed by atoms with E-state index >= 15 is 0 Å². The summed E-state index contributed by atoms with van der Waals surface area (Å²) in [6.07, 6.45) is 12.2. The monoisotopic (exact) mass is 438 g/mol. The van der Waals surface area contributed by atoms with Gasteiger partial charge in [0.05, 0.1) is 6.42 Å². The number of rotatable bonds is 8. The van der Waals surface area contributed by atoms with Gasteiger partial charge >= 0.3 is 5.97 Å². The average Bonchev–Trinajstić information content (AvgIpc) is 2.82. The van der Waals surface area contributed by atoms with Crippen molar-refractivity contribution in [1.82, 2.24) is 15.3 Å². The maximum absolute atomic E-state index is 11.5. The molecule has 0 unspecified atom stereocenters. The van der Waals surface area contributed by atoms with Crippen molar-refractivity contribution < 1.29 is 14.7 Å². The Morgan fingerprint density at radius 3 is 2.69 bits per heavy atom. The van der Waals surface area contributed by atoms with E-state index in [4.69, 9.17) is 5.11 Å². The highest BCUT2D eigenvalue weighted by Crippen LogP contribution is 2.20. The topological polar surface area (TPSA) is 104 Å². The SMILES string of the molecule is O=C(O)CCNC(=O)CCCCc1ccc2c(n1)NCCC2.c1cnc2c(c1)CCCC2. The Labute approximate surface area is 190 Å². The van der Waals surface area contributed by atoms with Crippen LogP contribution in [0.3, 0.4) is 0 Å². The van der Waals surface area contributed by atoms with Crippen molar-refractivity contribution in [2.45, 2.75) is 70.6 Å². The molecule has 0 spiro atoms. The molecule has 32 heavy (non-hydrogen) atoms. The second-order valence-corrected chi connectivity index (χ2v) is 8.36. The van der Waals surface area contributed by atoms with Crippen LogP contribution >= 0.6 is 0 Å². The number of nitrogens with one attached hydrogen (secondary N) is 2. The molecule has 2 aliphatic rings. The number of anilines is 1. The number of hydrogen-bond acceptors (Lipinski definition) is 5. The molecule has 0 bridgehead atoms. The molecule has 0 atom stereocenters. The van der Waals surface area contributed by atoms with E-state index in [1.807, 2.05) is 12.3 Å². The van der Waals surface area contributed by atoms with Crippen LogP contribution < -0.4 is 10.6 Å². The van der Waals surface area contributed by atoms with E-state index in [2.05, 4.69) is 38.8 Å². The zero-order chi connectivity index (χ0) is 22.6. The molecule has 4 rings (SSSR count). The predicted octanol–water partition coefficient (Wildman–Crippen LogP) is 3.70. The Morgan fingerprint density at radius 1 is 1.00 bits per heavy atom. The quantitative estimate of drug-likeness (QED) is 0.543. The molecule has 3 N–H and O–H groups in total. The summed E-state index contributed by atoms with van der Waals surface area (Å²) in [5.74, 6) is 0.0314. The van der Waals surface area contributed by atoms with Crippen LogP contribution in [0.1, 0.15) is 67.5 Å². The Bertz CT molecular complexity index is 876. The Balaban J connectivity index is 0.000000238. The van der Waals surface area contributed by atoms with Gasteiger partial charge in [-0.1, -0.05) is 12.1 Å². The lowest BCUT2D eigenvalue weighted by Crippen LogP contribution is -2.25. The van der Waals surface area contributed by atoms with Gasteiger partial charge in [0.15, 0.2) is 0 Å². The van der Waals surface area contributed by atoms with Gasteiger partial charge in [0.25, 0.3) is 0 Å². The van der Waals surface area contributed by atoms with Crippen molar-refractivity contribution in [3.05, 3.63) is 53.0 Å². The number of aliphatic carboxylic acids is 1. The fourth-order valence-electron chi connectivity index (χ4n) is 4.03. The number of unbranched alkanes of at least 4 members (excludes halogenated alkanes) is 1. The van der Waals surface area contributed by atoms with Gasteiger partial charge in [0, 0.05) is 37.1 Å². The lowest BCUT2D eigenvalue weighted by atomic mass is 9.96. The fraction of sp³-hybridized carbons (Fsp3) is 0.520. The van der Waals surface area contributed by atoms with Crippen LogP contribution in [0.15, 0.2) is 30.5 Å². The first-order valence-corrected chi connectivity index (χ1v) is 11.8. The molecular weight excluding hydrogens is 404 g/mol. The van der Waals surface area contributed by atoms with Crippen LogP contribution in [0.25, 0.3) is 0 Å². The molecule has 172 valence electrons. The minimum Gasteiger partial charge on any atom is -0.481 e. The van der Waals surface area contributed by atoms with Crippen molar-refractivity contribution in [3.8, 4) is 0 Å². The predicted molar refractivity (Wildman–Crippen MR) is 125 cm³/mol. The summed E-state index contributed by atoms with van der Waals surface area (Å²) >= 11 is 0. The highest BCUT2D eigenvalue weighted by Gasteiger charge is 2.10. The average molecular weight is 439 g/mol. The van der Waals surface area contributed by atoms with Gasteiger partial charge in [-0.05, 0) is 81.0 Å². The van der Waals surface area contributed by atoms with E-state index in [0.717, 1.165) is 50.2 Å². The van der Waals surface area contributed by atoms with E-state index in [-0.39, 0.29) is 18.9 Å². The molecular formula is C25H34N4O3. The fourth-order valence-corrected chi connectivity index (χ4v) is 4.03. The first-order valence-electron chi connectivity index (χ1n) is 11.8.